The van der Waals surface area contributed by atoms with Crippen molar-refractivity contribution in [1.29, 1.82) is 0 Å². The topological polar surface area (TPSA) is 148 Å². The summed E-state index contributed by atoms with van der Waals surface area (Å²) in [6, 6.07) is 3.61. The van der Waals surface area contributed by atoms with Gasteiger partial charge in [-0.1, -0.05) is 19.4 Å². The van der Waals surface area contributed by atoms with Crippen LogP contribution < -0.4 is 20.5 Å². The van der Waals surface area contributed by atoms with Crippen LogP contribution in [0.25, 0.3) is 0 Å². The van der Waals surface area contributed by atoms with E-state index < -0.39 is 28.1 Å². The number of fused-ring (bicyclic) bond motifs is 1. The van der Waals surface area contributed by atoms with Crippen molar-refractivity contribution in [3.8, 4) is 5.75 Å². The van der Waals surface area contributed by atoms with Gasteiger partial charge in [-0.3, -0.25) is 9.59 Å². The second-order valence-electron chi connectivity index (χ2n) is 6.74. The molecule has 1 amide bonds. The molecule has 0 aromatic heterocycles. The van der Waals surface area contributed by atoms with E-state index in [1.807, 2.05) is 6.92 Å². The molecular formula is C18H27N3O6S. The number of nitrogens with two attached hydrogens (primary N) is 1. The van der Waals surface area contributed by atoms with E-state index >= 15 is 0 Å². The lowest BCUT2D eigenvalue weighted by Gasteiger charge is -2.26. The second-order valence-corrected chi connectivity index (χ2v) is 8.62. The first kappa shape index (κ1) is 22.1. The number of carboxylic acid groups (broad SMARTS) is 1. The van der Waals surface area contributed by atoms with Crippen LogP contribution in [-0.4, -0.2) is 49.8 Å². The molecule has 0 saturated heterocycles. The van der Waals surface area contributed by atoms with Crippen molar-refractivity contribution in [3.63, 3.8) is 0 Å². The van der Waals surface area contributed by atoms with Crippen molar-refractivity contribution in [3.05, 3.63) is 23.8 Å². The number of hydrogen-bond acceptors (Lipinski definition) is 6. The Bertz CT molecular complexity index is 812. The molecule has 1 aromatic rings. The highest BCUT2D eigenvalue weighted by Gasteiger charge is 2.28. The maximum absolute atomic E-state index is 12.1. The lowest BCUT2D eigenvalue weighted by atomic mass is 10.0. The third-order valence-electron chi connectivity index (χ3n) is 4.36. The molecule has 2 rings (SSSR count). The largest absolute Gasteiger partial charge is 0.480 e. The van der Waals surface area contributed by atoms with Crippen molar-refractivity contribution in [2.75, 3.05) is 17.6 Å². The van der Waals surface area contributed by atoms with Crippen molar-refractivity contribution < 1.29 is 27.9 Å². The maximum atomic E-state index is 12.1. The maximum Gasteiger partial charge on any atom is 0.322 e. The fourth-order valence-corrected chi connectivity index (χ4v) is 4.25. The molecule has 0 unspecified atom stereocenters. The first-order valence-electron chi connectivity index (χ1n) is 9.29. The molecule has 0 radical (unpaired) electrons. The molecule has 1 aliphatic rings. The number of ether oxygens (including phenoxy) is 1. The van der Waals surface area contributed by atoms with Crippen molar-refractivity contribution in [1.82, 2.24) is 4.72 Å². The molecule has 1 heterocycles. The van der Waals surface area contributed by atoms with Gasteiger partial charge in [0.15, 0.2) is 6.10 Å². The fourth-order valence-electron chi connectivity index (χ4n) is 2.84. The van der Waals surface area contributed by atoms with Crippen LogP contribution in [0.5, 0.6) is 5.75 Å². The van der Waals surface area contributed by atoms with Crippen molar-refractivity contribution in [2.45, 2.75) is 51.2 Å². The third-order valence-corrected chi connectivity index (χ3v) is 5.83. The average molecular weight is 413 g/mol. The summed E-state index contributed by atoms with van der Waals surface area (Å²) < 4.78 is 32.0. The van der Waals surface area contributed by atoms with Gasteiger partial charge in [-0.05, 0) is 49.9 Å². The number of carbonyl (C=O) groups excluding carboxylic acids is 1. The monoisotopic (exact) mass is 413 g/mol. The van der Waals surface area contributed by atoms with E-state index in [1.54, 1.807) is 18.2 Å². The van der Waals surface area contributed by atoms with Gasteiger partial charge in [0, 0.05) is 0 Å². The normalized spacial score (nSPS) is 17.4. The highest BCUT2D eigenvalue weighted by Crippen LogP contribution is 2.31. The van der Waals surface area contributed by atoms with Gasteiger partial charge in [0.25, 0.3) is 5.91 Å². The van der Waals surface area contributed by atoms with Gasteiger partial charge in [0.1, 0.15) is 11.8 Å². The Balaban J connectivity index is 2.10. The molecule has 1 aliphatic heterocycles. The fraction of sp³-hybridized carbons (Fsp3) is 0.556. The number of hydrogen-bond donors (Lipinski definition) is 4. The van der Waals surface area contributed by atoms with E-state index in [1.165, 1.54) is 0 Å². The lowest BCUT2D eigenvalue weighted by molar-refractivity contribution is -0.139. The average Bonchev–Trinajstić information content (AvgIpc) is 2.64. The minimum Gasteiger partial charge on any atom is -0.480 e. The summed E-state index contributed by atoms with van der Waals surface area (Å²) in [5.41, 5.74) is 6.46. The molecule has 2 atom stereocenters. The molecule has 10 heteroatoms. The highest BCUT2D eigenvalue weighted by molar-refractivity contribution is 7.89. The van der Waals surface area contributed by atoms with Gasteiger partial charge in [0.2, 0.25) is 10.0 Å². The van der Waals surface area contributed by atoms with Crippen LogP contribution in [0, 0.1) is 0 Å². The summed E-state index contributed by atoms with van der Waals surface area (Å²) in [6.45, 7) is 2.32. The van der Waals surface area contributed by atoms with Gasteiger partial charge in [-0.2, -0.15) is 0 Å². The van der Waals surface area contributed by atoms with Crippen LogP contribution in [0.1, 0.15) is 38.2 Å². The first-order chi connectivity index (χ1) is 13.3. The number of benzene rings is 1. The van der Waals surface area contributed by atoms with Crippen LogP contribution in [0.2, 0.25) is 0 Å². The molecule has 0 saturated carbocycles. The number of rotatable bonds is 11. The molecule has 0 spiro atoms. The summed E-state index contributed by atoms with van der Waals surface area (Å²) >= 11 is 0. The Morgan fingerprint density at radius 3 is 2.79 bits per heavy atom. The molecule has 9 nitrogen and oxygen atoms in total. The van der Waals surface area contributed by atoms with Gasteiger partial charge in [0.05, 0.1) is 11.4 Å². The zero-order valence-electron chi connectivity index (χ0n) is 15.8. The Hall–Kier alpha value is -2.17. The summed E-state index contributed by atoms with van der Waals surface area (Å²) in [6.07, 6.45) is 1.64. The SMILES string of the molecule is CCCCS(=O)(=O)N[C@@H](Cc1ccc2c(c1)NC(=O)[C@@H](CCCN)O2)C(=O)O. The summed E-state index contributed by atoms with van der Waals surface area (Å²) in [5, 5.41) is 12.1. The van der Waals surface area contributed by atoms with E-state index in [0.717, 1.165) is 0 Å². The number of carbonyl (C=O) groups is 2. The molecule has 156 valence electrons. The molecule has 0 aliphatic carbocycles. The van der Waals surface area contributed by atoms with E-state index in [2.05, 4.69) is 10.0 Å². The highest BCUT2D eigenvalue weighted by atomic mass is 32.2. The Labute approximate surface area is 164 Å². The van der Waals surface area contributed by atoms with Crippen LogP contribution in [0.3, 0.4) is 0 Å². The summed E-state index contributed by atoms with van der Waals surface area (Å²) in [5.74, 6) is -1.18. The summed E-state index contributed by atoms with van der Waals surface area (Å²) in [7, 11) is -3.69. The van der Waals surface area contributed by atoms with Gasteiger partial charge in [-0.25, -0.2) is 13.1 Å². The predicted molar refractivity (Wildman–Crippen MR) is 105 cm³/mol. The quantitative estimate of drug-likeness (QED) is 0.420. The standard InChI is InChI=1S/C18H27N3O6S/c1-2-3-9-28(25,26)21-14(18(23)24)11-12-6-7-15-13(10-12)20-17(22)16(27-15)5-4-8-19/h6-7,10,14,16,21H,2-5,8-9,11,19H2,1H3,(H,20,22)(H,23,24)/t14-,16+/m0/s1. The second kappa shape index (κ2) is 9.85. The van der Waals surface area contributed by atoms with Gasteiger partial charge < -0.3 is 20.9 Å². The number of nitrogens with one attached hydrogen (secondary N) is 2. The number of amides is 1. The molecular weight excluding hydrogens is 386 g/mol. The minimum atomic E-state index is -3.69. The molecule has 28 heavy (non-hydrogen) atoms. The van der Waals surface area contributed by atoms with Gasteiger partial charge in [-0.15, -0.1) is 0 Å². The summed E-state index contributed by atoms with van der Waals surface area (Å²) in [4.78, 5) is 23.6. The molecule has 0 fully saturated rings. The van der Waals surface area contributed by atoms with Crippen molar-refractivity contribution >= 4 is 27.6 Å². The van der Waals surface area contributed by atoms with Crippen LogP contribution in [0.15, 0.2) is 18.2 Å². The Morgan fingerprint density at radius 2 is 2.14 bits per heavy atom. The number of carboxylic acids is 1. The number of unbranched alkanes of at least 4 members (excludes halogenated alkanes) is 1. The number of anilines is 1. The lowest BCUT2D eigenvalue weighted by Crippen LogP contribution is -2.43. The Kier molecular flexibility index (Phi) is 7.78. The van der Waals surface area contributed by atoms with Crippen molar-refractivity contribution in [2.24, 2.45) is 5.73 Å². The molecule has 1 aromatic carbocycles. The van der Waals surface area contributed by atoms with E-state index in [9.17, 15) is 23.1 Å². The number of sulfonamides is 1. The van der Waals surface area contributed by atoms with Crippen LogP contribution in [-0.2, 0) is 26.0 Å². The third kappa shape index (κ3) is 6.18. The number of aliphatic carboxylic acids is 1. The van der Waals surface area contributed by atoms with E-state index in [4.69, 9.17) is 10.5 Å². The zero-order valence-corrected chi connectivity index (χ0v) is 16.6. The Morgan fingerprint density at radius 1 is 1.39 bits per heavy atom. The van der Waals surface area contributed by atoms with Crippen LogP contribution in [0.4, 0.5) is 5.69 Å². The predicted octanol–water partition coefficient (Wildman–Crippen LogP) is 0.840. The molecule has 5 N–H and O–H groups in total. The van der Waals surface area contributed by atoms with E-state index in [0.29, 0.717) is 49.2 Å². The zero-order chi connectivity index (χ0) is 20.7. The van der Waals surface area contributed by atoms with E-state index in [-0.39, 0.29) is 18.1 Å². The first-order valence-corrected chi connectivity index (χ1v) is 10.9. The van der Waals surface area contributed by atoms with Gasteiger partial charge >= 0.3 is 5.97 Å². The molecule has 0 bridgehead atoms. The van der Waals surface area contributed by atoms with Crippen LogP contribution >= 0.6 is 0 Å². The smallest absolute Gasteiger partial charge is 0.322 e. The minimum absolute atomic E-state index is 0.0551.